The standard InChI is InChI=1S/C18H30N2/c1-4-18(16-10-8-15(2)9-11-16)20-14-6-5-7-17(20)12-13-19-3/h8-11,17-19H,4-7,12-14H2,1-3H3. The van der Waals surface area contributed by atoms with Crippen LogP contribution in [0, 0.1) is 6.92 Å². The lowest BCUT2D eigenvalue weighted by molar-refractivity contribution is 0.0860. The summed E-state index contributed by atoms with van der Waals surface area (Å²) in [7, 11) is 2.06. The smallest absolute Gasteiger partial charge is 0.0348 e. The van der Waals surface area contributed by atoms with Gasteiger partial charge in [0.25, 0.3) is 0 Å². The Morgan fingerprint density at radius 2 is 2.00 bits per heavy atom. The number of likely N-dealkylation sites (tertiary alicyclic amines) is 1. The highest BCUT2D eigenvalue weighted by Crippen LogP contribution is 2.32. The van der Waals surface area contributed by atoms with E-state index >= 15 is 0 Å². The van der Waals surface area contributed by atoms with Crippen LogP contribution in [0.3, 0.4) is 0 Å². The van der Waals surface area contributed by atoms with E-state index in [0.29, 0.717) is 6.04 Å². The quantitative estimate of drug-likeness (QED) is 0.846. The lowest BCUT2D eigenvalue weighted by Crippen LogP contribution is -2.43. The van der Waals surface area contributed by atoms with E-state index in [1.54, 1.807) is 0 Å². The number of hydrogen-bond acceptors (Lipinski definition) is 2. The molecule has 112 valence electrons. The highest BCUT2D eigenvalue weighted by atomic mass is 15.2. The first-order chi connectivity index (χ1) is 9.76. The zero-order valence-corrected chi connectivity index (χ0v) is 13.4. The first-order valence-corrected chi connectivity index (χ1v) is 8.23. The van der Waals surface area contributed by atoms with Crippen LogP contribution in [0.1, 0.15) is 56.2 Å². The number of piperidine rings is 1. The molecule has 2 unspecified atom stereocenters. The van der Waals surface area contributed by atoms with Gasteiger partial charge in [-0.25, -0.2) is 0 Å². The van der Waals surface area contributed by atoms with Crippen LogP contribution in [0.2, 0.25) is 0 Å². The minimum Gasteiger partial charge on any atom is -0.320 e. The SMILES string of the molecule is CCC(c1ccc(C)cc1)N1CCCCC1CCNC. The van der Waals surface area contributed by atoms with Crippen LogP contribution >= 0.6 is 0 Å². The van der Waals surface area contributed by atoms with Gasteiger partial charge in [0.1, 0.15) is 0 Å². The van der Waals surface area contributed by atoms with Crippen LogP contribution < -0.4 is 5.32 Å². The van der Waals surface area contributed by atoms with Gasteiger partial charge in [0.2, 0.25) is 0 Å². The van der Waals surface area contributed by atoms with Gasteiger partial charge in [-0.1, -0.05) is 43.2 Å². The third kappa shape index (κ3) is 3.83. The van der Waals surface area contributed by atoms with E-state index in [4.69, 9.17) is 0 Å². The van der Waals surface area contributed by atoms with Gasteiger partial charge in [-0.2, -0.15) is 0 Å². The van der Waals surface area contributed by atoms with Crippen molar-refractivity contribution in [3.8, 4) is 0 Å². The Balaban J connectivity index is 2.12. The molecule has 1 aromatic carbocycles. The Morgan fingerprint density at radius 1 is 1.25 bits per heavy atom. The first kappa shape index (κ1) is 15.5. The number of nitrogens with zero attached hydrogens (tertiary/aromatic N) is 1. The van der Waals surface area contributed by atoms with E-state index in [1.807, 2.05) is 0 Å². The number of hydrogen-bond donors (Lipinski definition) is 1. The Hall–Kier alpha value is -0.860. The fourth-order valence-electron chi connectivity index (χ4n) is 3.50. The minimum atomic E-state index is 0.595. The maximum atomic E-state index is 3.31. The van der Waals surface area contributed by atoms with Crippen molar-refractivity contribution < 1.29 is 0 Å². The van der Waals surface area contributed by atoms with E-state index in [-0.39, 0.29) is 0 Å². The summed E-state index contributed by atoms with van der Waals surface area (Å²) >= 11 is 0. The molecule has 2 heteroatoms. The molecule has 1 aliphatic heterocycles. The Morgan fingerprint density at radius 3 is 2.65 bits per heavy atom. The van der Waals surface area contributed by atoms with E-state index in [1.165, 1.54) is 49.8 Å². The topological polar surface area (TPSA) is 15.3 Å². The molecule has 2 nitrogen and oxygen atoms in total. The summed E-state index contributed by atoms with van der Waals surface area (Å²) in [5.74, 6) is 0. The Kier molecular flexibility index (Phi) is 6.06. The fraction of sp³-hybridized carbons (Fsp3) is 0.667. The Bertz CT molecular complexity index is 385. The largest absolute Gasteiger partial charge is 0.320 e. The van der Waals surface area contributed by atoms with Crippen molar-refractivity contribution in [1.82, 2.24) is 10.2 Å². The maximum Gasteiger partial charge on any atom is 0.0348 e. The zero-order valence-electron chi connectivity index (χ0n) is 13.4. The van der Waals surface area contributed by atoms with Gasteiger partial charge >= 0.3 is 0 Å². The van der Waals surface area contributed by atoms with E-state index in [0.717, 1.165) is 12.6 Å². The number of benzene rings is 1. The van der Waals surface area contributed by atoms with Crippen LogP contribution in [-0.4, -0.2) is 31.1 Å². The summed E-state index contributed by atoms with van der Waals surface area (Å²) in [6.07, 6.45) is 6.61. The molecule has 2 rings (SSSR count). The highest BCUT2D eigenvalue weighted by Gasteiger charge is 2.28. The van der Waals surface area contributed by atoms with Crippen LogP contribution in [0.5, 0.6) is 0 Å². The second-order valence-corrected chi connectivity index (χ2v) is 6.11. The predicted octanol–water partition coefficient (Wildman–Crippen LogP) is 3.91. The average molecular weight is 274 g/mol. The molecule has 1 heterocycles. The molecule has 1 aliphatic rings. The molecule has 0 aromatic heterocycles. The van der Waals surface area contributed by atoms with E-state index in [9.17, 15) is 0 Å². The summed E-state index contributed by atoms with van der Waals surface area (Å²) < 4.78 is 0. The van der Waals surface area contributed by atoms with Gasteiger partial charge in [-0.15, -0.1) is 0 Å². The molecule has 1 aromatic rings. The molecular formula is C18H30N2. The van der Waals surface area contributed by atoms with Crippen LogP contribution in [0.4, 0.5) is 0 Å². The minimum absolute atomic E-state index is 0.595. The van der Waals surface area contributed by atoms with E-state index < -0.39 is 0 Å². The zero-order chi connectivity index (χ0) is 14.4. The van der Waals surface area contributed by atoms with Crippen LogP contribution in [0.15, 0.2) is 24.3 Å². The van der Waals surface area contributed by atoms with Crippen molar-refractivity contribution in [3.63, 3.8) is 0 Å². The predicted molar refractivity (Wildman–Crippen MR) is 87.1 cm³/mol. The molecule has 0 radical (unpaired) electrons. The second-order valence-electron chi connectivity index (χ2n) is 6.11. The highest BCUT2D eigenvalue weighted by molar-refractivity contribution is 5.24. The van der Waals surface area contributed by atoms with Gasteiger partial charge in [0.05, 0.1) is 0 Å². The molecule has 2 atom stereocenters. The molecule has 0 spiro atoms. The van der Waals surface area contributed by atoms with Crippen molar-refractivity contribution in [2.75, 3.05) is 20.1 Å². The summed E-state index contributed by atoms with van der Waals surface area (Å²) in [6, 6.07) is 10.5. The van der Waals surface area contributed by atoms with Gasteiger partial charge in [-0.3, -0.25) is 4.90 Å². The first-order valence-electron chi connectivity index (χ1n) is 8.23. The lowest BCUT2D eigenvalue weighted by Gasteiger charge is -2.41. The van der Waals surface area contributed by atoms with E-state index in [2.05, 4.69) is 55.4 Å². The molecule has 20 heavy (non-hydrogen) atoms. The fourth-order valence-corrected chi connectivity index (χ4v) is 3.50. The van der Waals surface area contributed by atoms with Crippen molar-refractivity contribution in [2.45, 2.75) is 58.0 Å². The molecule has 0 bridgehead atoms. The van der Waals surface area contributed by atoms with Gasteiger partial charge in [-0.05, 0) is 58.3 Å². The molecule has 1 saturated heterocycles. The molecule has 0 saturated carbocycles. The maximum absolute atomic E-state index is 3.31. The molecule has 1 N–H and O–H groups in total. The summed E-state index contributed by atoms with van der Waals surface area (Å²) in [5.41, 5.74) is 2.85. The molecule has 1 fully saturated rings. The van der Waals surface area contributed by atoms with Crippen molar-refractivity contribution in [3.05, 3.63) is 35.4 Å². The van der Waals surface area contributed by atoms with Gasteiger partial charge < -0.3 is 5.32 Å². The molecular weight excluding hydrogens is 244 g/mol. The third-order valence-electron chi connectivity index (χ3n) is 4.65. The molecule has 0 aliphatic carbocycles. The summed E-state index contributed by atoms with van der Waals surface area (Å²) in [4.78, 5) is 2.77. The number of nitrogens with one attached hydrogen (secondary N) is 1. The molecule has 0 amide bonds. The third-order valence-corrected chi connectivity index (χ3v) is 4.65. The second kappa shape index (κ2) is 7.80. The van der Waals surface area contributed by atoms with Crippen LogP contribution in [0.25, 0.3) is 0 Å². The van der Waals surface area contributed by atoms with Gasteiger partial charge in [0.15, 0.2) is 0 Å². The average Bonchev–Trinajstić information content (AvgIpc) is 2.49. The van der Waals surface area contributed by atoms with Crippen LogP contribution in [-0.2, 0) is 0 Å². The number of aryl methyl sites for hydroxylation is 1. The monoisotopic (exact) mass is 274 g/mol. The van der Waals surface area contributed by atoms with Crippen molar-refractivity contribution in [2.24, 2.45) is 0 Å². The van der Waals surface area contributed by atoms with Crippen molar-refractivity contribution in [1.29, 1.82) is 0 Å². The summed E-state index contributed by atoms with van der Waals surface area (Å²) in [6.45, 7) is 6.89. The summed E-state index contributed by atoms with van der Waals surface area (Å²) in [5, 5.41) is 3.31. The van der Waals surface area contributed by atoms with Gasteiger partial charge in [0, 0.05) is 12.1 Å². The lowest BCUT2D eigenvalue weighted by atomic mass is 9.93. The Labute approximate surface area is 124 Å². The van der Waals surface area contributed by atoms with Crippen molar-refractivity contribution >= 4 is 0 Å². The normalized spacial score (nSPS) is 21.9. The number of rotatable bonds is 6.